The van der Waals surface area contributed by atoms with Crippen molar-refractivity contribution < 1.29 is 23.1 Å². The number of nitrogens with two attached hydrogens (primary N) is 1. The number of aromatic nitrogens is 2. The molecule has 2 aromatic heterocycles. The van der Waals surface area contributed by atoms with Crippen LogP contribution in [0.3, 0.4) is 0 Å². The van der Waals surface area contributed by atoms with Gasteiger partial charge in [-0.05, 0) is 43.5 Å². The van der Waals surface area contributed by atoms with Gasteiger partial charge in [-0.2, -0.15) is 18.2 Å². The number of nitrogens with one attached hydrogen (secondary N) is 1. The van der Waals surface area contributed by atoms with E-state index in [2.05, 4.69) is 20.2 Å². The second-order valence-electron chi connectivity index (χ2n) is 7.50. The maximum Gasteiger partial charge on any atom is 0.490 e. The van der Waals surface area contributed by atoms with Gasteiger partial charge in [-0.1, -0.05) is 11.6 Å². The minimum Gasteiger partial charge on any atom is -0.475 e. The lowest BCUT2D eigenvalue weighted by atomic mass is 9.94. The number of hydrogen-bond donors (Lipinski definition) is 3. The van der Waals surface area contributed by atoms with Gasteiger partial charge in [-0.3, -0.25) is 0 Å². The molecule has 0 bridgehead atoms. The Hall–Kier alpha value is -2.37. The van der Waals surface area contributed by atoms with Crippen LogP contribution in [0.4, 0.5) is 24.9 Å². The van der Waals surface area contributed by atoms with Crippen molar-refractivity contribution in [1.82, 2.24) is 15.3 Å². The first kappa shape index (κ1) is 21.8. The summed E-state index contributed by atoms with van der Waals surface area (Å²) in [5, 5.41) is 12.6. The minimum atomic E-state index is -5.08. The molecule has 0 aliphatic carbocycles. The number of carbonyl (C=O) groups is 1. The second-order valence-corrected chi connectivity index (χ2v) is 8.99. The van der Waals surface area contributed by atoms with Crippen LogP contribution in [0.2, 0.25) is 5.02 Å². The number of halogens is 4. The Bertz CT molecular complexity index is 1130. The summed E-state index contributed by atoms with van der Waals surface area (Å²) in [6, 6.07) is 6.49. The third-order valence-electron chi connectivity index (χ3n) is 5.42. The predicted octanol–water partition coefficient (Wildman–Crippen LogP) is 3.90. The van der Waals surface area contributed by atoms with Crippen LogP contribution in [0.1, 0.15) is 12.8 Å². The number of anilines is 2. The second kappa shape index (κ2) is 8.29. The number of nitrogens with zero attached hydrogens (tertiary/aromatic N) is 3. The summed E-state index contributed by atoms with van der Waals surface area (Å²) in [5.74, 6) is -0.734. The summed E-state index contributed by atoms with van der Waals surface area (Å²) in [7, 11) is 0. The molecule has 0 saturated carbocycles. The zero-order chi connectivity index (χ0) is 22.3. The maximum atomic E-state index is 10.6. The number of benzene rings is 1. The molecule has 0 spiro atoms. The van der Waals surface area contributed by atoms with E-state index in [0.717, 1.165) is 50.8 Å². The Morgan fingerprint density at radius 1 is 1.32 bits per heavy atom. The number of nitrogen functional groups attached to an aromatic ring is 1. The number of alkyl halides is 3. The summed E-state index contributed by atoms with van der Waals surface area (Å²) in [4.78, 5) is 20.4. The molecular formula is C19H19ClF3N5O2S. The molecule has 31 heavy (non-hydrogen) atoms. The van der Waals surface area contributed by atoms with Gasteiger partial charge in [0, 0.05) is 34.2 Å². The number of fused-ring (bicyclic) bond motifs is 4. The maximum absolute atomic E-state index is 10.6. The average Bonchev–Trinajstić information content (AvgIpc) is 3.28. The number of carboxylic acids is 1. The Morgan fingerprint density at radius 3 is 2.74 bits per heavy atom. The number of aliphatic carboxylic acids is 1. The van der Waals surface area contributed by atoms with Crippen molar-refractivity contribution in [3.63, 3.8) is 0 Å². The van der Waals surface area contributed by atoms with Crippen LogP contribution in [-0.4, -0.2) is 52.9 Å². The molecule has 7 nitrogen and oxygen atoms in total. The van der Waals surface area contributed by atoms with Gasteiger partial charge in [0.05, 0.1) is 10.2 Å². The number of carboxylic acid groups (broad SMARTS) is 1. The lowest BCUT2D eigenvalue weighted by molar-refractivity contribution is -0.192. The van der Waals surface area contributed by atoms with Crippen molar-refractivity contribution in [2.75, 3.05) is 30.3 Å². The van der Waals surface area contributed by atoms with Gasteiger partial charge in [-0.25, -0.2) is 9.78 Å². The van der Waals surface area contributed by atoms with Crippen molar-refractivity contribution in [2.24, 2.45) is 5.92 Å². The zero-order valence-electron chi connectivity index (χ0n) is 16.1. The van der Waals surface area contributed by atoms with Crippen molar-refractivity contribution in [3.05, 3.63) is 23.2 Å². The van der Waals surface area contributed by atoms with Gasteiger partial charge in [0.1, 0.15) is 0 Å². The highest BCUT2D eigenvalue weighted by atomic mass is 35.5. The minimum absolute atomic E-state index is 0.343. The van der Waals surface area contributed by atoms with Gasteiger partial charge < -0.3 is 21.1 Å². The molecule has 166 valence electrons. The SMILES string of the molecule is Nc1nc(N2CC3CCCNC3C2)c2sc3cc(Cl)ccc3c2n1.O=C(O)C(F)(F)F. The van der Waals surface area contributed by atoms with E-state index in [1.807, 2.05) is 18.2 Å². The zero-order valence-corrected chi connectivity index (χ0v) is 17.7. The molecule has 4 N–H and O–H groups in total. The van der Waals surface area contributed by atoms with E-state index < -0.39 is 12.1 Å². The molecule has 12 heteroatoms. The molecule has 2 aliphatic heterocycles. The first-order chi connectivity index (χ1) is 14.6. The standard InChI is InChI=1S/C17H18ClN5S.C2HF3O2/c18-10-3-4-11-13(6-10)24-15-14(11)21-17(19)22-16(15)23-7-9-2-1-5-20-12(9)8-23;3-2(4,5)1(6)7/h3-4,6,9,12,20H,1-2,5,7-8H2,(H2,19,21,22);(H,6,7). The highest BCUT2D eigenvalue weighted by Gasteiger charge is 2.38. The largest absolute Gasteiger partial charge is 0.490 e. The number of rotatable bonds is 1. The molecule has 0 radical (unpaired) electrons. The Morgan fingerprint density at radius 2 is 2.06 bits per heavy atom. The van der Waals surface area contributed by atoms with Crippen LogP contribution in [0.5, 0.6) is 0 Å². The van der Waals surface area contributed by atoms with E-state index in [0.29, 0.717) is 17.9 Å². The van der Waals surface area contributed by atoms with E-state index in [1.165, 1.54) is 12.8 Å². The Balaban J connectivity index is 0.000000289. The van der Waals surface area contributed by atoms with E-state index in [-0.39, 0.29) is 0 Å². The van der Waals surface area contributed by atoms with Crippen LogP contribution in [0, 0.1) is 5.92 Å². The van der Waals surface area contributed by atoms with Gasteiger partial charge in [0.2, 0.25) is 5.95 Å². The topological polar surface area (TPSA) is 104 Å². The van der Waals surface area contributed by atoms with Crippen LogP contribution in [0.25, 0.3) is 20.3 Å². The summed E-state index contributed by atoms with van der Waals surface area (Å²) >= 11 is 7.86. The molecule has 5 rings (SSSR count). The van der Waals surface area contributed by atoms with Gasteiger partial charge in [-0.15, -0.1) is 11.3 Å². The molecule has 1 aromatic carbocycles. The van der Waals surface area contributed by atoms with E-state index in [1.54, 1.807) is 11.3 Å². The fourth-order valence-electron chi connectivity index (χ4n) is 4.05. The third kappa shape index (κ3) is 4.48. The fraction of sp³-hybridized carbons (Fsp3) is 0.421. The lowest BCUT2D eigenvalue weighted by Crippen LogP contribution is -2.40. The Labute approximate surface area is 184 Å². The average molecular weight is 474 g/mol. The van der Waals surface area contributed by atoms with Crippen LogP contribution in [-0.2, 0) is 4.79 Å². The highest BCUT2D eigenvalue weighted by molar-refractivity contribution is 7.26. The fourth-order valence-corrected chi connectivity index (χ4v) is 5.49. The van der Waals surface area contributed by atoms with E-state index in [4.69, 9.17) is 27.2 Å². The van der Waals surface area contributed by atoms with Crippen LogP contribution < -0.4 is 16.0 Å². The predicted molar refractivity (Wildman–Crippen MR) is 115 cm³/mol. The van der Waals surface area contributed by atoms with Crippen molar-refractivity contribution in [1.29, 1.82) is 0 Å². The molecule has 2 fully saturated rings. The number of piperidine rings is 1. The van der Waals surface area contributed by atoms with E-state index in [9.17, 15) is 13.2 Å². The van der Waals surface area contributed by atoms with Crippen molar-refractivity contribution >= 4 is 61.0 Å². The normalized spacial score (nSPS) is 21.1. The molecule has 3 aromatic rings. The van der Waals surface area contributed by atoms with Crippen molar-refractivity contribution in [2.45, 2.75) is 25.1 Å². The Kier molecular flexibility index (Phi) is 5.84. The van der Waals surface area contributed by atoms with Gasteiger partial charge in [0.15, 0.2) is 5.82 Å². The van der Waals surface area contributed by atoms with E-state index >= 15 is 0 Å². The molecule has 2 saturated heterocycles. The molecule has 2 aliphatic rings. The molecular weight excluding hydrogens is 455 g/mol. The van der Waals surface area contributed by atoms with Crippen molar-refractivity contribution in [3.8, 4) is 0 Å². The third-order valence-corrected chi connectivity index (χ3v) is 6.79. The number of hydrogen-bond acceptors (Lipinski definition) is 7. The molecule has 0 amide bonds. The quantitative estimate of drug-likeness (QED) is 0.492. The first-order valence-electron chi connectivity index (χ1n) is 9.57. The molecule has 2 unspecified atom stereocenters. The van der Waals surface area contributed by atoms with Crippen LogP contribution in [0.15, 0.2) is 18.2 Å². The smallest absolute Gasteiger partial charge is 0.475 e. The van der Waals surface area contributed by atoms with Gasteiger partial charge >= 0.3 is 12.1 Å². The monoisotopic (exact) mass is 473 g/mol. The van der Waals surface area contributed by atoms with Crippen LogP contribution >= 0.6 is 22.9 Å². The summed E-state index contributed by atoms with van der Waals surface area (Å²) < 4.78 is 34.0. The summed E-state index contributed by atoms with van der Waals surface area (Å²) in [6.45, 7) is 3.15. The summed E-state index contributed by atoms with van der Waals surface area (Å²) in [6.07, 6.45) is -2.53. The molecule has 2 atom stereocenters. The summed E-state index contributed by atoms with van der Waals surface area (Å²) in [5.41, 5.74) is 6.97. The highest BCUT2D eigenvalue weighted by Crippen LogP contribution is 2.40. The lowest BCUT2D eigenvalue weighted by Gasteiger charge is -2.24. The molecule has 4 heterocycles. The number of thiophene rings is 1. The first-order valence-corrected chi connectivity index (χ1v) is 10.8. The van der Waals surface area contributed by atoms with Gasteiger partial charge in [0.25, 0.3) is 0 Å².